The van der Waals surface area contributed by atoms with Crippen LogP contribution in [0.3, 0.4) is 0 Å². The fourth-order valence-electron chi connectivity index (χ4n) is 2.01. The summed E-state index contributed by atoms with van der Waals surface area (Å²) < 4.78 is 0. The molecule has 3 atom stereocenters. The standard InChI is InChI=1S/C10H20N2O/c1-7-5-4-6-9(7)12-8(2)10(13)11-3/h7-9,12H,4-6H2,1-3H3,(H,11,13)/t7?,8-,9?/m1/s1. The largest absolute Gasteiger partial charge is 0.358 e. The van der Waals surface area contributed by atoms with Crippen LogP contribution in [0.4, 0.5) is 0 Å². The van der Waals surface area contributed by atoms with E-state index in [1.54, 1.807) is 7.05 Å². The minimum atomic E-state index is -0.0597. The number of carbonyl (C=O) groups is 1. The molecule has 1 aliphatic rings. The van der Waals surface area contributed by atoms with E-state index in [4.69, 9.17) is 0 Å². The lowest BCUT2D eigenvalue weighted by molar-refractivity contribution is -0.122. The van der Waals surface area contributed by atoms with E-state index in [-0.39, 0.29) is 11.9 Å². The Balaban J connectivity index is 2.34. The second-order valence-corrected chi connectivity index (χ2v) is 4.02. The molecule has 3 nitrogen and oxygen atoms in total. The van der Waals surface area contributed by atoms with E-state index in [2.05, 4.69) is 17.6 Å². The molecule has 76 valence electrons. The summed E-state index contributed by atoms with van der Waals surface area (Å²) in [4.78, 5) is 11.2. The molecule has 0 spiro atoms. The van der Waals surface area contributed by atoms with Gasteiger partial charge < -0.3 is 10.6 Å². The Morgan fingerprint density at radius 3 is 2.62 bits per heavy atom. The van der Waals surface area contributed by atoms with Crippen LogP contribution in [-0.2, 0) is 4.79 Å². The van der Waals surface area contributed by atoms with Gasteiger partial charge in [0.15, 0.2) is 0 Å². The number of likely N-dealkylation sites (N-methyl/N-ethyl adjacent to an activating group) is 1. The summed E-state index contributed by atoms with van der Waals surface area (Å²) in [7, 11) is 1.68. The maximum absolute atomic E-state index is 11.2. The van der Waals surface area contributed by atoms with Gasteiger partial charge in [0.1, 0.15) is 0 Å². The van der Waals surface area contributed by atoms with Gasteiger partial charge in [0, 0.05) is 13.1 Å². The number of amides is 1. The van der Waals surface area contributed by atoms with Gasteiger partial charge in [0.25, 0.3) is 0 Å². The zero-order chi connectivity index (χ0) is 9.84. The van der Waals surface area contributed by atoms with Crippen molar-refractivity contribution >= 4 is 5.91 Å². The molecule has 0 bridgehead atoms. The van der Waals surface area contributed by atoms with Crippen LogP contribution < -0.4 is 10.6 Å². The predicted octanol–water partition coefficient (Wildman–Crippen LogP) is 0.899. The number of hydrogen-bond donors (Lipinski definition) is 2. The second-order valence-electron chi connectivity index (χ2n) is 4.02. The van der Waals surface area contributed by atoms with Crippen LogP contribution in [0.15, 0.2) is 0 Å². The molecule has 0 aromatic rings. The fraction of sp³-hybridized carbons (Fsp3) is 0.900. The third kappa shape index (κ3) is 2.69. The van der Waals surface area contributed by atoms with Crippen molar-refractivity contribution in [3.05, 3.63) is 0 Å². The average Bonchev–Trinajstić information content (AvgIpc) is 2.50. The highest BCUT2D eigenvalue weighted by molar-refractivity contribution is 5.80. The Morgan fingerprint density at radius 1 is 1.46 bits per heavy atom. The lowest BCUT2D eigenvalue weighted by Gasteiger charge is -2.21. The zero-order valence-electron chi connectivity index (χ0n) is 8.76. The van der Waals surface area contributed by atoms with Gasteiger partial charge >= 0.3 is 0 Å². The van der Waals surface area contributed by atoms with Crippen molar-refractivity contribution in [3.63, 3.8) is 0 Å². The van der Waals surface area contributed by atoms with Crippen LogP contribution in [0.1, 0.15) is 33.1 Å². The third-order valence-electron chi connectivity index (χ3n) is 2.97. The topological polar surface area (TPSA) is 41.1 Å². The highest BCUT2D eigenvalue weighted by Gasteiger charge is 2.25. The Kier molecular flexibility index (Phi) is 3.72. The molecule has 0 aliphatic heterocycles. The lowest BCUT2D eigenvalue weighted by Crippen LogP contribution is -2.46. The van der Waals surface area contributed by atoms with Gasteiger partial charge in [0.05, 0.1) is 6.04 Å². The van der Waals surface area contributed by atoms with Gasteiger partial charge in [-0.1, -0.05) is 13.3 Å². The van der Waals surface area contributed by atoms with E-state index < -0.39 is 0 Å². The van der Waals surface area contributed by atoms with Crippen LogP contribution in [0.25, 0.3) is 0 Å². The summed E-state index contributed by atoms with van der Waals surface area (Å²) in [5.41, 5.74) is 0. The first-order chi connectivity index (χ1) is 6.15. The van der Waals surface area contributed by atoms with E-state index in [0.29, 0.717) is 12.0 Å². The molecular weight excluding hydrogens is 164 g/mol. The van der Waals surface area contributed by atoms with E-state index in [1.165, 1.54) is 19.3 Å². The first-order valence-electron chi connectivity index (χ1n) is 5.12. The third-order valence-corrected chi connectivity index (χ3v) is 2.97. The van der Waals surface area contributed by atoms with E-state index in [9.17, 15) is 4.79 Å². The van der Waals surface area contributed by atoms with Gasteiger partial charge in [-0.25, -0.2) is 0 Å². The summed E-state index contributed by atoms with van der Waals surface area (Å²) in [5.74, 6) is 0.797. The summed E-state index contributed by atoms with van der Waals surface area (Å²) >= 11 is 0. The average molecular weight is 184 g/mol. The molecule has 1 amide bonds. The van der Waals surface area contributed by atoms with Crippen molar-refractivity contribution in [1.29, 1.82) is 0 Å². The SMILES string of the molecule is CNC(=O)[C@@H](C)NC1CCCC1C. The summed E-state index contributed by atoms with van der Waals surface area (Å²) in [6.07, 6.45) is 3.79. The van der Waals surface area contributed by atoms with Gasteiger partial charge in [-0.3, -0.25) is 4.79 Å². The Labute approximate surface area is 80.3 Å². The number of nitrogens with one attached hydrogen (secondary N) is 2. The minimum absolute atomic E-state index is 0.0597. The Morgan fingerprint density at radius 2 is 2.15 bits per heavy atom. The normalized spacial score (nSPS) is 30.1. The first-order valence-corrected chi connectivity index (χ1v) is 5.12. The van der Waals surface area contributed by atoms with E-state index >= 15 is 0 Å². The van der Waals surface area contributed by atoms with Crippen LogP contribution in [-0.4, -0.2) is 25.0 Å². The molecule has 2 N–H and O–H groups in total. The summed E-state index contributed by atoms with van der Waals surface area (Å²) in [5, 5.41) is 6.02. The molecule has 0 aromatic heterocycles. The molecule has 0 heterocycles. The number of carbonyl (C=O) groups excluding carboxylic acids is 1. The molecule has 0 aromatic carbocycles. The van der Waals surface area contributed by atoms with Gasteiger partial charge in [-0.05, 0) is 25.7 Å². The highest BCUT2D eigenvalue weighted by Crippen LogP contribution is 2.24. The fourth-order valence-corrected chi connectivity index (χ4v) is 2.01. The molecule has 1 saturated carbocycles. The van der Waals surface area contributed by atoms with Crippen LogP contribution in [0, 0.1) is 5.92 Å². The van der Waals surface area contributed by atoms with Gasteiger partial charge in [-0.15, -0.1) is 0 Å². The molecular formula is C10H20N2O. The maximum atomic E-state index is 11.2. The lowest BCUT2D eigenvalue weighted by atomic mass is 10.1. The second kappa shape index (κ2) is 4.61. The summed E-state index contributed by atoms with van der Waals surface area (Å²) in [6, 6.07) is 0.475. The maximum Gasteiger partial charge on any atom is 0.236 e. The van der Waals surface area contributed by atoms with Crippen molar-refractivity contribution in [3.8, 4) is 0 Å². The predicted molar refractivity (Wildman–Crippen MR) is 53.5 cm³/mol. The van der Waals surface area contributed by atoms with Gasteiger partial charge in [-0.2, -0.15) is 0 Å². The van der Waals surface area contributed by atoms with Crippen molar-refractivity contribution in [2.75, 3.05) is 7.05 Å². The first kappa shape index (κ1) is 10.5. The molecule has 0 saturated heterocycles. The van der Waals surface area contributed by atoms with Crippen molar-refractivity contribution in [2.45, 2.75) is 45.2 Å². The van der Waals surface area contributed by atoms with E-state index in [1.807, 2.05) is 6.92 Å². The Bertz CT molecular complexity index is 182. The van der Waals surface area contributed by atoms with Crippen molar-refractivity contribution < 1.29 is 4.79 Å². The molecule has 13 heavy (non-hydrogen) atoms. The molecule has 1 aliphatic carbocycles. The van der Waals surface area contributed by atoms with Crippen LogP contribution in [0.5, 0.6) is 0 Å². The molecule has 1 rings (SSSR count). The molecule has 0 radical (unpaired) electrons. The van der Waals surface area contributed by atoms with Crippen LogP contribution in [0.2, 0.25) is 0 Å². The minimum Gasteiger partial charge on any atom is -0.358 e. The Hall–Kier alpha value is -0.570. The molecule has 2 unspecified atom stereocenters. The van der Waals surface area contributed by atoms with Gasteiger partial charge in [0.2, 0.25) is 5.91 Å². The molecule has 1 fully saturated rings. The quantitative estimate of drug-likeness (QED) is 0.684. The molecule has 3 heteroatoms. The van der Waals surface area contributed by atoms with E-state index in [0.717, 1.165) is 0 Å². The monoisotopic (exact) mass is 184 g/mol. The number of hydrogen-bond acceptors (Lipinski definition) is 2. The number of rotatable bonds is 3. The van der Waals surface area contributed by atoms with Crippen molar-refractivity contribution in [2.24, 2.45) is 5.92 Å². The summed E-state index contributed by atoms with van der Waals surface area (Å²) in [6.45, 7) is 4.17. The smallest absolute Gasteiger partial charge is 0.236 e. The van der Waals surface area contributed by atoms with Crippen LogP contribution >= 0.6 is 0 Å². The zero-order valence-corrected chi connectivity index (χ0v) is 8.76. The highest BCUT2D eigenvalue weighted by atomic mass is 16.2. The van der Waals surface area contributed by atoms with Crippen molar-refractivity contribution in [1.82, 2.24) is 10.6 Å².